The smallest absolute Gasteiger partial charge is 0.185 e. The van der Waals surface area contributed by atoms with Crippen molar-refractivity contribution >= 4 is 17.5 Å². The van der Waals surface area contributed by atoms with Crippen LogP contribution < -0.4 is 10.5 Å². The van der Waals surface area contributed by atoms with E-state index in [1.54, 1.807) is 37.5 Å². The summed E-state index contributed by atoms with van der Waals surface area (Å²) in [5, 5.41) is 10.7. The molecule has 0 amide bonds. The summed E-state index contributed by atoms with van der Waals surface area (Å²) in [4.78, 5) is 12.4. The number of hydrogen-bond donors (Lipinski definition) is 2. The zero-order chi connectivity index (χ0) is 19.4. The highest BCUT2D eigenvalue weighted by molar-refractivity contribution is 6.07. The fourth-order valence-corrected chi connectivity index (χ4v) is 2.96. The average Bonchev–Trinajstić information content (AvgIpc) is 2.59. The molecule has 2 aromatic rings. The van der Waals surface area contributed by atoms with Gasteiger partial charge in [0.25, 0.3) is 0 Å². The second-order valence-electron chi connectivity index (χ2n) is 6.98. The third-order valence-corrected chi connectivity index (χ3v) is 4.36. The Morgan fingerprint density at radius 1 is 1.12 bits per heavy atom. The van der Waals surface area contributed by atoms with Crippen LogP contribution in [0.3, 0.4) is 0 Å². The Labute approximate surface area is 155 Å². The minimum atomic E-state index is -0.114. The minimum absolute atomic E-state index is 0.0867. The zero-order valence-electron chi connectivity index (χ0n) is 16.0. The summed E-state index contributed by atoms with van der Waals surface area (Å²) in [5.74, 6) is 0.997. The fourth-order valence-electron chi connectivity index (χ4n) is 2.96. The summed E-state index contributed by atoms with van der Waals surface area (Å²) in [6.45, 7) is 8.07. The van der Waals surface area contributed by atoms with Crippen molar-refractivity contribution in [2.75, 3.05) is 12.8 Å². The molecule has 2 rings (SSSR count). The van der Waals surface area contributed by atoms with Crippen LogP contribution in [0.15, 0.2) is 36.4 Å². The van der Waals surface area contributed by atoms with E-state index >= 15 is 0 Å². The van der Waals surface area contributed by atoms with Gasteiger partial charge in [0.1, 0.15) is 11.5 Å². The van der Waals surface area contributed by atoms with Gasteiger partial charge >= 0.3 is 0 Å². The highest BCUT2D eigenvalue weighted by atomic mass is 16.5. The number of hydrogen-bond acceptors (Lipinski definition) is 4. The highest BCUT2D eigenvalue weighted by Crippen LogP contribution is 2.42. The Morgan fingerprint density at radius 2 is 1.73 bits per heavy atom. The maximum atomic E-state index is 12.4. The predicted octanol–water partition coefficient (Wildman–Crippen LogP) is 5.13. The molecule has 0 bridgehead atoms. The van der Waals surface area contributed by atoms with Gasteiger partial charge in [-0.05, 0) is 59.9 Å². The molecule has 0 aliphatic rings. The van der Waals surface area contributed by atoms with Gasteiger partial charge in [-0.2, -0.15) is 0 Å². The molecule has 0 unspecified atom stereocenters. The number of carbonyl (C=O) groups excluding carboxylic acids is 1. The van der Waals surface area contributed by atoms with E-state index < -0.39 is 0 Å². The normalized spacial score (nSPS) is 11.5. The van der Waals surface area contributed by atoms with Gasteiger partial charge in [0.05, 0.1) is 7.11 Å². The van der Waals surface area contributed by atoms with Gasteiger partial charge in [-0.25, -0.2) is 0 Å². The molecule has 0 spiro atoms. The Balaban J connectivity index is 2.50. The Hall–Kier alpha value is -2.75. The van der Waals surface area contributed by atoms with Gasteiger partial charge in [0, 0.05) is 22.4 Å². The third-order valence-electron chi connectivity index (χ3n) is 4.36. The number of benzene rings is 2. The van der Waals surface area contributed by atoms with Crippen LogP contribution in [0.1, 0.15) is 66.6 Å². The van der Waals surface area contributed by atoms with E-state index in [0.717, 1.165) is 16.7 Å². The van der Waals surface area contributed by atoms with Crippen molar-refractivity contribution < 1.29 is 14.6 Å². The number of allylic oxidation sites excluding steroid dienone is 1. The molecular weight excluding hydrogens is 326 g/mol. The molecular formula is C22H27NO3. The number of methoxy groups -OCH3 is 1. The molecule has 0 saturated carbocycles. The Morgan fingerprint density at radius 3 is 2.23 bits per heavy atom. The van der Waals surface area contributed by atoms with Crippen LogP contribution in [-0.4, -0.2) is 18.0 Å². The molecule has 0 fully saturated rings. The molecule has 0 aromatic heterocycles. The van der Waals surface area contributed by atoms with Gasteiger partial charge in [0.2, 0.25) is 0 Å². The first-order valence-corrected chi connectivity index (χ1v) is 8.77. The molecule has 0 saturated heterocycles. The second-order valence-corrected chi connectivity index (χ2v) is 6.98. The number of carbonyl (C=O) groups is 1. The maximum absolute atomic E-state index is 12.4. The lowest BCUT2D eigenvalue weighted by molar-refractivity contribution is 0.104. The maximum Gasteiger partial charge on any atom is 0.185 e. The standard InChI is InChI=1S/C22H27NO3/c1-13(2)18-12-16(22(26-5)20(14(3)4)21(18)25)8-11-19(24)15-6-9-17(23)10-7-15/h6-14,25H,23H2,1-5H3. The Bertz CT molecular complexity index is 818. The largest absolute Gasteiger partial charge is 0.507 e. The zero-order valence-corrected chi connectivity index (χ0v) is 16.0. The molecule has 0 radical (unpaired) electrons. The molecule has 0 heterocycles. The van der Waals surface area contributed by atoms with Crippen molar-refractivity contribution in [2.45, 2.75) is 39.5 Å². The van der Waals surface area contributed by atoms with E-state index in [1.807, 2.05) is 33.8 Å². The van der Waals surface area contributed by atoms with E-state index in [-0.39, 0.29) is 23.4 Å². The summed E-state index contributed by atoms with van der Waals surface area (Å²) in [7, 11) is 1.58. The monoisotopic (exact) mass is 353 g/mol. The summed E-state index contributed by atoms with van der Waals surface area (Å²) >= 11 is 0. The van der Waals surface area contributed by atoms with Gasteiger partial charge in [-0.15, -0.1) is 0 Å². The third kappa shape index (κ3) is 4.07. The summed E-state index contributed by atoms with van der Waals surface area (Å²) in [5.41, 5.74) is 9.24. The number of ketones is 1. The number of ether oxygens (including phenoxy) is 1. The highest BCUT2D eigenvalue weighted by Gasteiger charge is 2.21. The topological polar surface area (TPSA) is 72.5 Å². The number of phenols is 1. The molecule has 3 N–H and O–H groups in total. The number of anilines is 1. The van der Waals surface area contributed by atoms with Crippen LogP contribution in [0.2, 0.25) is 0 Å². The van der Waals surface area contributed by atoms with Crippen molar-refractivity contribution in [3.8, 4) is 11.5 Å². The van der Waals surface area contributed by atoms with E-state index in [0.29, 0.717) is 17.0 Å². The molecule has 0 aliphatic heterocycles. The lowest BCUT2D eigenvalue weighted by Crippen LogP contribution is -2.02. The molecule has 138 valence electrons. The van der Waals surface area contributed by atoms with Crippen molar-refractivity contribution in [3.05, 3.63) is 58.7 Å². The SMILES string of the molecule is COc1c(C=CC(=O)c2ccc(N)cc2)cc(C(C)C)c(O)c1C(C)C. The number of rotatable bonds is 6. The average molecular weight is 353 g/mol. The van der Waals surface area contributed by atoms with E-state index in [4.69, 9.17) is 10.5 Å². The predicted molar refractivity (Wildman–Crippen MR) is 107 cm³/mol. The van der Waals surface area contributed by atoms with Crippen molar-refractivity contribution in [1.82, 2.24) is 0 Å². The number of nitrogens with two attached hydrogens (primary N) is 1. The van der Waals surface area contributed by atoms with Gasteiger partial charge in [-0.1, -0.05) is 27.7 Å². The van der Waals surface area contributed by atoms with E-state index in [2.05, 4.69) is 0 Å². The quantitative estimate of drug-likeness (QED) is 0.429. The lowest BCUT2D eigenvalue weighted by atomic mass is 9.90. The van der Waals surface area contributed by atoms with Crippen molar-refractivity contribution in [1.29, 1.82) is 0 Å². The van der Waals surface area contributed by atoms with Crippen LogP contribution in [0.4, 0.5) is 5.69 Å². The van der Waals surface area contributed by atoms with Crippen LogP contribution in [-0.2, 0) is 0 Å². The molecule has 2 aromatic carbocycles. The Kier molecular flexibility index (Phi) is 6.09. The van der Waals surface area contributed by atoms with E-state index in [1.165, 1.54) is 6.08 Å². The molecule has 0 aliphatic carbocycles. The van der Waals surface area contributed by atoms with Gasteiger partial charge in [0.15, 0.2) is 5.78 Å². The van der Waals surface area contributed by atoms with Crippen LogP contribution >= 0.6 is 0 Å². The van der Waals surface area contributed by atoms with Gasteiger partial charge < -0.3 is 15.6 Å². The van der Waals surface area contributed by atoms with Crippen LogP contribution in [0.5, 0.6) is 11.5 Å². The number of phenolic OH excluding ortho intramolecular Hbond substituents is 1. The molecule has 4 heteroatoms. The van der Waals surface area contributed by atoms with Crippen molar-refractivity contribution in [3.63, 3.8) is 0 Å². The summed E-state index contributed by atoms with van der Waals surface area (Å²) in [6.07, 6.45) is 3.27. The molecule has 0 atom stereocenters. The number of aromatic hydroxyl groups is 1. The molecule has 4 nitrogen and oxygen atoms in total. The summed E-state index contributed by atoms with van der Waals surface area (Å²) in [6, 6.07) is 8.70. The van der Waals surface area contributed by atoms with E-state index in [9.17, 15) is 9.90 Å². The summed E-state index contributed by atoms with van der Waals surface area (Å²) < 4.78 is 5.57. The first-order chi connectivity index (χ1) is 12.3. The van der Waals surface area contributed by atoms with Crippen LogP contribution in [0.25, 0.3) is 6.08 Å². The molecule has 26 heavy (non-hydrogen) atoms. The van der Waals surface area contributed by atoms with Crippen molar-refractivity contribution in [2.24, 2.45) is 0 Å². The first kappa shape index (κ1) is 19.6. The lowest BCUT2D eigenvalue weighted by Gasteiger charge is -2.20. The fraction of sp³-hybridized carbons (Fsp3) is 0.318. The second kappa shape index (κ2) is 8.09. The van der Waals surface area contributed by atoms with Gasteiger partial charge in [-0.3, -0.25) is 4.79 Å². The minimum Gasteiger partial charge on any atom is -0.507 e. The van der Waals surface area contributed by atoms with Crippen LogP contribution in [0, 0.1) is 0 Å². The number of nitrogen functional groups attached to an aromatic ring is 1. The first-order valence-electron chi connectivity index (χ1n) is 8.77.